The largest absolute Gasteiger partial charge is 0.407 e. The smallest absolute Gasteiger partial charge is 0.254 e. The summed E-state index contributed by atoms with van der Waals surface area (Å²) in [5.74, 6) is -0.273. The predicted octanol–water partition coefficient (Wildman–Crippen LogP) is 2.87. The second-order valence-electron chi connectivity index (χ2n) is 7.37. The molecular weight excluding hydrogens is 294 g/mol. The first-order chi connectivity index (χ1) is 9.97. The van der Waals surface area contributed by atoms with E-state index in [1.165, 1.54) is 0 Å². The molecule has 1 N–H and O–H groups in total. The number of hydrogen-bond donors (Lipinski definition) is 1. The highest BCUT2D eigenvalue weighted by Gasteiger charge is 2.53. The minimum Gasteiger partial charge on any atom is -0.407 e. The fourth-order valence-electron chi connectivity index (χ4n) is 2.24. The first-order valence-corrected chi connectivity index (χ1v) is 10.5. The number of carbonyl (C=O) groups excluding carboxylic acids is 1. The average molecular weight is 324 g/mol. The summed E-state index contributed by atoms with van der Waals surface area (Å²) in [5, 5.41) is 10.2. The van der Waals surface area contributed by atoms with Crippen molar-refractivity contribution < 1.29 is 14.3 Å². The second kappa shape index (κ2) is 6.55. The molecule has 0 radical (unpaired) electrons. The van der Waals surface area contributed by atoms with Crippen molar-refractivity contribution in [3.05, 3.63) is 30.5 Å². The lowest BCUT2D eigenvalue weighted by atomic mass is 9.89. The fraction of sp³-hybridized carbons (Fsp3) is 0.647. The van der Waals surface area contributed by atoms with Gasteiger partial charge in [0.1, 0.15) is 0 Å². The van der Waals surface area contributed by atoms with E-state index in [0.717, 1.165) is 5.57 Å². The topological polar surface area (TPSA) is 49.8 Å². The Balaban J connectivity index is 3.12. The highest BCUT2D eigenvalue weighted by Crippen LogP contribution is 2.40. The maximum absolute atomic E-state index is 11.9. The van der Waals surface area contributed by atoms with Crippen molar-refractivity contribution in [3.8, 4) is 0 Å². The maximum atomic E-state index is 11.9. The molecule has 1 saturated heterocycles. The Morgan fingerprint density at radius 3 is 2.50 bits per heavy atom. The van der Waals surface area contributed by atoms with Gasteiger partial charge in [0.2, 0.25) is 0 Å². The summed E-state index contributed by atoms with van der Waals surface area (Å²) in [4.78, 5) is 13.5. The van der Waals surface area contributed by atoms with Crippen LogP contribution < -0.4 is 0 Å². The average Bonchev–Trinajstić information content (AvgIpc) is 2.42. The van der Waals surface area contributed by atoms with E-state index in [-0.39, 0.29) is 17.0 Å². The number of carbonyl (C=O) groups is 1. The number of likely N-dealkylation sites (tertiary alicyclic amines) is 1. The Kier molecular flexibility index (Phi) is 5.63. The predicted molar refractivity (Wildman–Crippen MR) is 92.1 cm³/mol. The third kappa shape index (κ3) is 3.44. The SMILES string of the molecule is C=C=C(C)[C@H](O[Si](C)(C)C(C)(C)C)[C@H]1[C@@H](O)C(=O)N1CC=C. The number of hydrogen-bond acceptors (Lipinski definition) is 3. The normalized spacial score (nSPS) is 23.6. The van der Waals surface area contributed by atoms with Gasteiger partial charge >= 0.3 is 0 Å². The summed E-state index contributed by atoms with van der Waals surface area (Å²) < 4.78 is 6.47. The number of nitrogens with zero attached hydrogens (tertiary/aromatic N) is 1. The first-order valence-electron chi connectivity index (χ1n) is 7.61. The van der Waals surface area contributed by atoms with Crippen LogP contribution in [0.4, 0.5) is 0 Å². The van der Waals surface area contributed by atoms with Gasteiger partial charge in [0.05, 0.1) is 12.1 Å². The van der Waals surface area contributed by atoms with Crippen LogP contribution in [0.3, 0.4) is 0 Å². The van der Waals surface area contributed by atoms with Crippen molar-refractivity contribution in [1.82, 2.24) is 4.90 Å². The zero-order chi connectivity index (χ0) is 17.3. The van der Waals surface area contributed by atoms with E-state index in [2.05, 4.69) is 52.8 Å². The maximum Gasteiger partial charge on any atom is 0.254 e. The van der Waals surface area contributed by atoms with Gasteiger partial charge in [-0.2, -0.15) is 0 Å². The summed E-state index contributed by atoms with van der Waals surface area (Å²) in [6.07, 6.45) is 0.247. The summed E-state index contributed by atoms with van der Waals surface area (Å²) in [6, 6.07) is -0.395. The lowest BCUT2D eigenvalue weighted by Gasteiger charge is -2.50. The van der Waals surface area contributed by atoms with E-state index in [9.17, 15) is 9.90 Å². The van der Waals surface area contributed by atoms with E-state index in [1.54, 1.807) is 11.0 Å². The molecule has 0 unspecified atom stereocenters. The zero-order valence-electron chi connectivity index (χ0n) is 14.6. The van der Waals surface area contributed by atoms with Gasteiger partial charge in [-0.05, 0) is 30.6 Å². The Labute approximate surface area is 135 Å². The van der Waals surface area contributed by atoms with E-state index in [0.29, 0.717) is 6.54 Å². The van der Waals surface area contributed by atoms with Crippen molar-refractivity contribution in [2.45, 2.75) is 64.1 Å². The lowest BCUT2D eigenvalue weighted by molar-refractivity contribution is -0.171. The van der Waals surface area contributed by atoms with Gasteiger partial charge in [-0.1, -0.05) is 33.4 Å². The molecule has 0 aliphatic carbocycles. The fourth-order valence-corrected chi connectivity index (χ4v) is 3.54. The van der Waals surface area contributed by atoms with Crippen molar-refractivity contribution in [2.75, 3.05) is 6.54 Å². The van der Waals surface area contributed by atoms with Gasteiger partial charge in [0.15, 0.2) is 14.4 Å². The Morgan fingerprint density at radius 1 is 1.55 bits per heavy atom. The molecule has 1 rings (SSSR count). The lowest BCUT2D eigenvalue weighted by Crippen LogP contribution is -2.70. The van der Waals surface area contributed by atoms with Gasteiger partial charge in [-0.25, -0.2) is 0 Å². The Hall–Kier alpha value is -1.13. The molecule has 0 saturated carbocycles. The molecule has 0 aromatic heterocycles. The molecule has 0 aromatic rings. The molecule has 1 aliphatic heterocycles. The van der Waals surface area contributed by atoms with Crippen LogP contribution in [0.15, 0.2) is 30.5 Å². The third-order valence-electron chi connectivity index (χ3n) is 4.79. The molecule has 0 spiro atoms. The molecule has 1 aliphatic rings. The number of β-lactam (4-membered cyclic amide) rings is 1. The minimum atomic E-state index is -2.06. The van der Waals surface area contributed by atoms with Crippen molar-refractivity contribution >= 4 is 14.2 Å². The molecule has 124 valence electrons. The third-order valence-corrected chi connectivity index (χ3v) is 9.24. The van der Waals surface area contributed by atoms with Crippen molar-refractivity contribution in [1.29, 1.82) is 0 Å². The van der Waals surface area contributed by atoms with Crippen LogP contribution in [-0.2, 0) is 9.22 Å². The summed E-state index contributed by atoms with van der Waals surface area (Å²) in [5.41, 5.74) is 3.69. The summed E-state index contributed by atoms with van der Waals surface area (Å²) in [6.45, 7) is 20.4. The van der Waals surface area contributed by atoms with Crippen LogP contribution in [0.5, 0.6) is 0 Å². The van der Waals surface area contributed by atoms with Gasteiger partial charge in [0.25, 0.3) is 5.91 Å². The number of amides is 1. The van der Waals surface area contributed by atoms with E-state index in [4.69, 9.17) is 4.43 Å². The molecule has 22 heavy (non-hydrogen) atoms. The Morgan fingerprint density at radius 2 is 2.09 bits per heavy atom. The van der Waals surface area contributed by atoms with E-state index < -0.39 is 20.5 Å². The van der Waals surface area contributed by atoms with Crippen LogP contribution >= 0.6 is 0 Å². The molecule has 1 heterocycles. The number of rotatable bonds is 6. The van der Waals surface area contributed by atoms with Crippen LogP contribution in [0.1, 0.15) is 27.7 Å². The molecular formula is C17H29NO3Si. The molecule has 0 aromatic carbocycles. The Bertz CT molecular complexity index is 501. The van der Waals surface area contributed by atoms with Crippen LogP contribution in [0.2, 0.25) is 18.1 Å². The minimum absolute atomic E-state index is 0.0364. The molecule has 3 atom stereocenters. The van der Waals surface area contributed by atoms with Crippen molar-refractivity contribution in [3.63, 3.8) is 0 Å². The van der Waals surface area contributed by atoms with Gasteiger partial charge < -0.3 is 14.4 Å². The van der Waals surface area contributed by atoms with Gasteiger partial charge in [-0.15, -0.1) is 12.3 Å². The molecule has 1 fully saturated rings. The van der Waals surface area contributed by atoms with Crippen LogP contribution in [-0.4, -0.2) is 49.0 Å². The van der Waals surface area contributed by atoms with E-state index >= 15 is 0 Å². The monoisotopic (exact) mass is 323 g/mol. The standard InChI is InChI=1S/C17H29NO3Si/c1-9-11-18-13(14(19)16(18)20)15(12(3)10-2)21-22(7,8)17(4,5)6/h9,13-15,19H,1-2,11H2,3-8H3/t13-,14-,15+/m1/s1. The quantitative estimate of drug-likeness (QED) is 0.354. The van der Waals surface area contributed by atoms with Crippen molar-refractivity contribution in [2.24, 2.45) is 0 Å². The van der Waals surface area contributed by atoms with Crippen LogP contribution in [0.25, 0.3) is 0 Å². The van der Waals surface area contributed by atoms with E-state index in [1.807, 2.05) is 6.92 Å². The highest BCUT2D eigenvalue weighted by atomic mass is 28.4. The summed E-state index contributed by atoms with van der Waals surface area (Å²) >= 11 is 0. The van der Waals surface area contributed by atoms with Crippen LogP contribution in [0, 0.1) is 0 Å². The highest BCUT2D eigenvalue weighted by molar-refractivity contribution is 6.74. The zero-order valence-corrected chi connectivity index (χ0v) is 15.6. The number of aliphatic hydroxyl groups excluding tert-OH is 1. The molecule has 1 amide bonds. The molecule has 4 nitrogen and oxygen atoms in total. The molecule has 5 heteroatoms. The van der Waals surface area contributed by atoms with Gasteiger partial charge in [0, 0.05) is 6.54 Å². The second-order valence-corrected chi connectivity index (χ2v) is 12.1. The first kappa shape index (κ1) is 18.9. The molecule has 0 bridgehead atoms. The summed E-state index contributed by atoms with van der Waals surface area (Å²) in [7, 11) is -2.06. The number of aliphatic hydroxyl groups is 1. The van der Waals surface area contributed by atoms with Gasteiger partial charge in [-0.3, -0.25) is 4.79 Å².